The number of amides is 1. The van der Waals surface area contributed by atoms with E-state index in [0.29, 0.717) is 12.2 Å². The zero-order valence-electron chi connectivity index (χ0n) is 8.92. The molecule has 0 atom stereocenters. The fourth-order valence-corrected chi connectivity index (χ4v) is 1.75. The second-order valence-electron chi connectivity index (χ2n) is 3.40. The zero-order valence-corrected chi connectivity index (χ0v) is 8.92. The Bertz CT molecular complexity index is 520. The molecule has 1 N–H and O–H groups in total. The molecule has 0 unspecified atom stereocenters. The molecule has 1 aromatic heterocycles. The second-order valence-corrected chi connectivity index (χ2v) is 3.40. The number of nitrogens with zero attached hydrogens (tertiary/aromatic N) is 2. The number of anilines is 1. The van der Waals surface area contributed by atoms with Crippen molar-refractivity contribution < 1.29 is 9.90 Å². The molecular weight excluding hydrogens is 204 g/mol. The third kappa shape index (κ3) is 1.69. The third-order valence-electron chi connectivity index (χ3n) is 2.50. The van der Waals surface area contributed by atoms with Crippen LogP contribution in [0.15, 0.2) is 36.7 Å². The van der Waals surface area contributed by atoms with Gasteiger partial charge in [-0.3, -0.25) is 9.88 Å². The van der Waals surface area contributed by atoms with E-state index in [2.05, 4.69) is 4.98 Å². The largest absolute Gasteiger partial charge is 0.465 e. The van der Waals surface area contributed by atoms with Crippen molar-refractivity contribution in [2.24, 2.45) is 0 Å². The molecule has 1 heterocycles. The third-order valence-corrected chi connectivity index (χ3v) is 2.50. The van der Waals surface area contributed by atoms with E-state index in [9.17, 15) is 4.79 Å². The minimum atomic E-state index is -0.938. The molecule has 0 fully saturated rings. The summed E-state index contributed by atoms with van der Waals surface area (Å²) in [6.45, 7) is 2.24. The predicted molar refractivity (Wildman–Crippen MR) is 62.8 cm³/mol. The van der Waals surface area contributed by atoms with Gasteiger partial charge in [-0.15, -0.1) is 0 Å². The highest BCUT2D eigenvalue weighted by atomic mass is 16.4. The van der Waals surface area contributed by atoms with Gasteiger partial charge in [0, 0.05) is 29.7 Å². The first kappa shape index (κ1) is 10.4. The predicted octanol–water partition coefficient (Wildman–Crippen LogP) is 2.74. The van der Waals surface area contributed by atoms with Crippen LogP contribution in [0.3, 0.4) is 0 Å². The van der Waals surface area contributed by atoms with Crippen molar-refractivity contribution in [3.8, 4) is 0 Å². The van der Waals surface area contributed by atoms with E-state index in [4.69, 9.17) is 5.11 Å². The molecular formula is C12H12N2O2. The van der Waals surface area contributed by atoms with Gasteiger partial charge in [0.25, 0.3) is 0 Å². The fraction of sp³-hybridized carbons (Fsp3) is 0.167. The molecule has 2 rings (SSSR count). The van der Waals surface area contributed by atoms with Gasteiger partial charge in [-0.1, -0.05) is 12.1 Å². The van der Waals surface area contributed by atoms with Crippen LogP contribution in [0.1, 0.15) is 6.92 Å². The van der Waals surface area contributed by atoms with Crippen molar-refractivity contribution in [2.75, 3.05) is 11.4 Å². The fourth-order valence-electron chi connectivity index (χ4n) is 1.75. The van der Waals surface area contributed by atoms with Gasteiger partial charge in [-0.2, -0.15) is 0 Å². The molecule has 0 saturated carbocycles. The average molecular weight is 216 g/mol. The van der Waals surface area contributed by atoms with Crippen molar-refractivity contribution >= 4 is 22.6 Å². The molecule has 0 saturated heterocycles. The van der Waals surface area contributed by atoms with Crippen molar-refractivity contribution in [3.05, 3.63) is 36.7 Å². The van der Waals surface area contributed by atoms with Crippen LogP contribution in [0.4, 0.5) is 10.5 Å². The highest BCUT2D eigenvalue weighted by molar-refractivity contribution is 6.00. The maximum absolute atomic E-state index is 11.1. The van der Waals surface area contributed by atoms with Crippen molar-refractivity contribution in [1.29, 1.82) is 0 Å². The highest BCUT2D eigenvalue weighted by Crippen LogP contribution is 2.25. The Hall–Kier alpha value is -2.10. The molecule has 0 radical (unpaired) electrons. The number of pyridine rings is 1. The molecule has 0 aliphatic carbocycles. The molecule has 4 nitrogen and oxygen atoms in total. The summed E-state index contributed by atoms with van der Waals surface area (Å²) in [4.78, 5) is 16.4. The van der Waals surface area contributed by atoms with Crippen LogP contribution >= 0.6 is 0 Å². The number of carboxylic acid groups (broad SMARTS) is 1. The van der Waals surface area contributed by atoms with E-state index in [1.165, 1.54) is 4.90 Å². The van der Waals surface area contributed by atoms with Gasteiger partial charge in [0.05, 0.1) is 5.69 Å². The Morgan fingerprint density at radius 3 is 2.94 bits per heavy atom. The van der Waals surface area contributed by atoms with Gasteiger partial charge in [0.1, 0.15) is 0 Å². The van der Waals surface area contributed by atoms with Crippen molar-refractivity contribution in [3.63, 3.8) is 0 Å². The maximum atomic E-state index is 11.1. The van der Waals surface area contributed by atoms with Crippen LogP contribution in [-0.2, 0) is 0 Å². The molecule has 16 heavy (non-hydrogen) atoms. The zero-order chi connectivity index (χ0) is 11.5. The summed E-state index contributed by atoms with van der Waals surface area (Å²) in [5.74, 6) is 0. The highest BCUT2D eigenvalue weighted by Gasteiger charge is 2.14. The number of aromatic nitrogens is 1. The van der Waals surface area contributed by atoms with E-state index in [1.54, 1.807) is 18.5 Å². The number of hydrogen-bond donors (Lipinski definition) is 1. The first-order valence-corrected chi connectivity index (χ1v) is 5.07. The van der Waals surface area contributed by atoms with Gasteiger partial charge >= 0.3 is 6.09 Å². The maximum Gasteiger partial charge on any atom is 0.411 e. The standard InChI is InChI=1S/C12H12N2O2/c1-2-14(12(15)16)11-5-3-4-9-8-13-7-6-10(9)11/h3-8H,2H2,1H3,(H,15,16). The average Bonchev–Trinajstić information content (AvgIpc) is 2.30. The Kier molecular flexibility index (Phi) is 2.72. The molecule has 2 aromatic rings. The molecule has 0 aliphatic rings. The first-order valence-electron chi connectivity index (χ1n) is 5.07. The van der Waals surface area contributed by atoms with Crippen LogP contribution in [0.25, 0.3) is 10.8 Å². The monoisotopic (exact) mass is 216 g/mol. The lowest BCUT2D eigenvalue weighted by Crippen LogP contribution is -2.28. The summed E-state index contributed by atoms with van der Waals surface area (Å²) < 4.78 is 0. The first-order chi connectivity index (χ1) is 7.74. The lowest BCUT2D eigenvalue weighted by molar-refractivity contribution is 0.202. The smallest absolute Gasteiger partial charge is 0.411 e. The molecule has 4 heteroatoms. The minimum Gasteiger partial charge on any atom is -0.465 e. The summed E-state index contributed by atoms with van der Waals surface area (Å²) in [6.07, 6.45) is 2.46. The quantitative estimate of drug-likeness (QED) is 0.839. The Morgan fingerprint density at radius 2 is 2.25 bits per heavy atom. The van der Waals surface area contributed by atoms with Crippen LogP contribution in [-0.4, -0.2) is 22.7 Å². The molecule has 1 amide bonds. The van der Waals surface area contributed by atoms with Gasteiger partial charge < -0.3 is 5.11 Å². The molecule has 1 aromatic carbocycles. The number of benzene rings is 1. The number of hydrogen-bond acceptors (Lipinski definition) is 2. The van der Waals surface area contributed by atoms with E-state index in [1.807, 2.05) is 25.1 Å². The Balaban J connectivity index is 2.63. The number of rotatable bonds is 2. The lowest BCUT2D eigenvalue weighted by atomic mass is 10.1. The summed E-state index contributed by atoms with van der Waals surface area (Å²) in [7, 11) is 0. The Labute approximate surface area is 93.1 Å². The van der Waals surface area contributed by atoms with E-state index < -0.39 is 6.09 Å². The summed E-state index contributed by atoms with van der Waals surface area (Å²) in [5, 5.41) is 10.9. The van der Waals surface area contributed by atoms with Crippen LogP contribution in [0.2, 0.25) is 0 Å². The molecule has 0 spiro atoms. The van der Waals surface area contributed by atoms with E-state index >= 15 is 0 Å². The topological polar surface area (TPSA) is 53.4 Å². The summed E-state index contributed by atoms with van der Waals surface area (Å²) in [6, 6.07) is 7.39. The normalized spacial score (nSPS) is 10.3. The molecule has 82 valence electrons. The van der Waals surface area contributed by atoms with Gasteiger partial charge in [-0.05, 0) is 19.1 Å². The van der Waals surface area contributed by atoms with Gasteiger partial charge in [0.2, 0.25) is 0 Å². The SMILES string of the molecule is CCN(C(=O)O)c1cccc2cnccc12. The number of carbonyl (C=O) groups is 1. The second kappa shape index (κ2) is 4.18. The number of fused-ring (bicyclic) bond motifs is 1. The van der Waals surface area contributed by atoms with E-state index in [-0.39, 0.29) is 0 Å². The molecule has 0 aliphatic heterocycles. The Morgan fingerprint density at radius 1 is 1.44 bits per heavy atom. The summed E-state index contributed by atoms with van der Waals surface area (Å²) >= 11 is 0. The minimum absolute atomic E-state index is 0.427. The van der Waals surface area contributed by atoms with Crippen molar-refractivity contribution in [1.82, 2.24) is 4.98 Å². The molecule has 0 bridgehead atoms. The van der Waals surface area contributed by atoms with Gasteiger partial charge in [0.15, 0.2) is 0 Å². The van der Waals surface area contributed by atoms with Crippen LogP contribution in [0, 0.1) is 0 Å². The summed E-state index contributed by atoms with van der Waals surface area (Å²) in [5.41, 5.74) is 0.704. The van der Waals surface area contributed by atoms with Gasteiger partial charge in [-0.25, -0.2) is 4.79 Å². The van der Waals surface area contributed by atoms with Crippen molar-refractivity contribution in [2.45, 2.75) is 6.92 Å². The van der Waals surface area contributed by atoms with E-state index in [0.717, 1.165) is 10.8 Å². The van der Waals surface area contributed by atoms with Crippen LogP contribution in [0.5, 0.6) is 0 Å². The lowest BCUT2D eigenvalue weighted by Gasteiger charge is -2.18. The van der Waals surface area contributed by atoms with Crippen LogP contribution < -0.4 is 4.90 Å².